The lowest BCUT2D eigenvalue weighted by molar-refractivity contribution is -0.384. The van der Waals surface area contributed by atoms with Crippen molar-refractivity contribution < 1.29 is 14.5 Å². The second-order valence-electron chi connectivity index (χ2n) is 5.62. The van der Waals surface area contributed by atoms with Gasteiger partial charge in [-0.25, -0.2) is 0 Å². The highest BCUT2D eigenvalue weighted by Gasteiger charge is 2.16. The summed E-state index contributed by atoms with van der Waals surface area (Å²) in [6, 6.07) is 20.3. The van der Waals surface area contributed by atoms with Crippen LogP contribution in [0.5, 0.6) is 11.5 Å². The predicted molar refractivity (Wildman–Crippen MR) is 98.7 cm³/mol. The van der Waals surface area contributed by atoms with Crippen LogP contribution in [0.1, 0.15) is 15.9 Å². The van der Waals surface area contributed by atoms with E-state index < -0.39 is 10.8 Å². The number of non-ortho nitro benzene ring substituents is 1. The first kappa shape index (κ1) is 17.2. The Morgan fingerprint density at radius 2 is 1.69 bits per heavy atom. The number of nitro groups is 1. The molecule has 0 saturated carbocycles. The highest BCUT2D eigenvalue weighted by molar-refractivity contribution is 6.06. The van der Waals surface area contributed by atoms with Crippen molar-refractivity contribution in [3.05, 3.63) is 94.0 Å². The summed E-state index contributed by atoms with van der Waals surface area (Å²) < 4.78 is 5.79. The molecule has 0 saturated heterocycles. The second-order valence-corrected chi connectivity index (χ2v) is 5.62. The summed E-state index contributed by atoms with van der Waals surface area (Å²) in [6.07, 6.45) is 0. The zero-order valence-electron chi connectivity index (χ0n) is 14.0. The van der Waals surface area contributed by atoms with Crippen LogP contribution < -0.4 is 10.1 Å². The van der Waals surface area contributed by atoms with Gasteiger partial charge in [-0.2, -0.15) is 0 Å². The molecule has 3 aromatic carbocycles. The number of hydrogen-bond acceptors (Lipinski definition) is 4. The molecule has 0 heterocycles. The van der Waals surface area contributed by atoms with E-state index >= 15 is 0 Å². The van der Waals surface area contributed by atoms with Crippen LogP contribution in [0.4, 0.5) is 11.4 Å². The largest absolute Gasteiger partial charge is 0.457 e. The van der Waals surface area contributed by atoms with Gasteiger partial charge in [-0.3, -0.25) is 14.9 Å². The predicted octanol–water partition coefficient (Wildman–Crippen LogP) is 4.95. The van der Waals surface area contributed by atoms with Crippen LogP contribution in [0.25, 0.3) is 0 Å². The van der Waals surface area contributed by atoms with Crippen molar-refractivity contribution in [2.75, 3.05) is 5.32 Å². The Morgan fingerprint density at radius 3 is 2.42 bits per heavy atom. The molecule has 130 valence electrons. The van der Waals surface area contributed by atoms with Gasteiger partial charge in [-0.05, 0) is 36.8 Å². The molecule has 0 aromatic heterocycles. The average Bonchev–Trinajstić information content (AvgIpc) is 2.64. The molecule has 0 aliphatic heterocycles. The van der Waals surface area contributed by atoms with Gasteiger partial charge < -0.3 is 10.1 Å². The number of nitrogens with one attached hydrogen (secondary N) is 1. The van der Waals surface area contributed by atoms with Crippen molar-refractivity contribution in [3.63, 3.8) is 0 Å². The van der Waals surface area contributed by atoms with Crippen LogP contribution in [0, 0.1) is 17.0 Å². The van der Waals surface area contributed by atoms with Crippen LogP contribution in [0.15, 0.2) is 72.8 Å². The lowest BCUT2D eigenvalue weighted by atomic mass is 10.1. The van der Waals surface area contributed by atoms with Crippen molar-refractivity contribution in [2.24, 2.45) is 0 Å². The molecule has 0 bridgehead atoms. The van der Waals surface area contributed by atoms with Gasteiger partial charge >= 0.3 is 0 Å². The Morgan fingerprint density at radius 1 is 1.00 bits per heavy atom. The number of anilines is 1. The monoisotopic (exact) mass is 348 g/mol. The smallest absolute Gasteiger partial charge is 0.271 e. The quantitative estimate of drug-likeness (QED) is 0.522. The van der Waals surface area contributed by atoms with Gasteiger partial charge in [0.25, 0.3) is 11.6 Å². The normalized spacial score (nSPS) is 10.2. The number of para-hydroxylation sites is 2. The van der Waals surface area contributed by atoms with E-state index in [1.165, 1.54) is 12.1 Å². The highest BCUT2D eigenvalue weighted by atomic mass is 16.6. The van der Waals surface area contributed by atoms with Gasteiger partial charge in [0.15, 0.2) is 0 Å². The van der Waals surface area contributed by atoms with Crippen LogP contribution in [-0.2, 0) is 0 Å². The summed E-state index contributed by atoms with van der Waals surface area (Å²) in [7, 11) is 0. The first-order valence-corrected chi connectivity index (χ1v) is 7.93. The van der Waals surface area contributed by atoms with Gasteiger partial charge in [0.1, 0.15) is 11.5 Å². The molecule has 1 N–H and O–H groups in total. The van der Waals surface area contributed by atoms with Crippen molar-refractivity contribution in [2.45, 2.75) is 6.92 Å². The maximum atomic E-state index is 12.7. The highest BCUT2D eigenvalue weighted by Crippen LogP contribution is 2.27. The number of carbonyl (C=O) groups is 1. The maximum absolute atomic E-state index is 12.7. The molecule has 0 atom stereocenters. The molecule has 0 unspecified atom stereocenters. The molecule has 3 rings (SSSR count). The van der Waals surface area contributed by atoms with Gasteiger partial charge in [-0.15, -0.1) is 0 Å². The van der Waals surface area contributed by atoms with Gasteiger partial charge in [0.2, 0.25) is 0 Å². The van der Waals surface area contributed by atoms with Crippen LogP contribution >= 0.6 is 0 Å². The third kappa shape index (κ3) is 3.87. The minimum absolute atomic E-state index is 0.0836. The summed E-state index contributed by atoms with van der Waals surface area (Å²) in [4.78, 5) is 23.1. The fraction of sp³-hybridized carbons (Fsp3) is 0.0500. The minimum Gasteiger partial charge on any atom is -0.457 e. The number of nitrogens with zero attached hydrogens (tertiary/aromatic N) is 1. The number of benzene rings is 3. The summed E-state index contributed by atoms with van der Waals surface area (Å²) in [6.45, 7) is 1.77. The first-order chi connectivity index (χ1) is 12.5. The molecular weight excluding hydrogens is 332 g/mol. The van der Waals surface area contributed by atoms with Crippen molar-refractivity contribution in [1.82, 2.24) is 0 Å². The molecule has 0 aliphatic rings. The van der Waals surface area contributed by atoms with E-state index in [4.69, 9.17) is 4.74 Å². The average molecular weight is 348 g/mol. The molecule has 0 radical (unpaired) electrons. The number of rotatable bonds is 5. The third-order valence-electron chi connectivity index (χ3n) is 3.78. The standard InChI is InChI=1S/C20H16N2O4/c1-14-11-12-15(22(24)25)13-18(14)21-20(23)17-9-5-6-10-19(17)26-16-7-3-2-4-8-16/h2-13H,1H3,(H,21,23). The first-order valence-electron chi connectivity index (χ1n) is 7.93. The van der Waals surface area contributed by atoms with Crippen LogP contribution in [0.3, 0.4) is 0 Å². The topological polar surface area (TPSA) is 81.5 Å². The van der Waals surface area contributed by atoms with E-state index in [1.807, 2.05) is 18.2 Å². The maximum Gasteiger partial charge on any atom is 0.271 e. The molecule has 0 fully saturated rings. The van der Waals surface area contributed by atoms with E-state index in [9.17, 15) is 14.9 Å². The van der Waals surface area contributed by atoms with Crippen LogP contribution in [-0.4, -0.2) is 10.8 Å². The van der Waals surface area contributed by atoms with Crippen LogP contribution in [0.2, 0.25) is 0 Å². The number of carbonyl (C=O) groups excluding carboxylic acids is 1. The zero-order chi connectivity index (χ0) is 18.5. The lowest BCUT2D eigenvalue weighted by Crippen LogP contribution is -2.14. The fourth-order valence-corrected chi connectivity index (χ4v) is 2.41. The molecule has 6 nitrogen and oxygen atoms in total. The summed E-state index contributed by atoms with van der Waals surface area (Å²) in [5, 5.41) is 13.7. The molecule has 6 heteroatoms. The van der Waals surface area contributed by atoms with Gasteiger partial charge in [0.05, 0.1) is 16.2 Å². The Labute approximate surface area is 150 Å². The molecule has 0 aliphatic carbocycles. The van der Waals surface area contributed by atoms with E-state index in [-0.39, 0.29) is 5.69 Å². The lowest BCUT2D eigenvalue weighted by Gasteiger charge is -2.12. The second kappa shape index (κ2) is 7.48. The number of nitro benzene ring substituents is 1. The third-order valence-corrected chi connectivity index (χ3v) is 3.78. The summed E-state index contributed by atoms with van der Waals surface area (Å²) in [5.74, 6) is 0.610. The van der Waals surface area contributed by atoms with E-state index in [2.05, 4.69) is 5.32 Å². The number of ether oxygens (including phenoxy) is 1. The van der Waals surface area contributed by atoms with Gasteiger partial charge in [-0.1, -0.05) is 36.4 Å². The fourth-order valence-electron chi connectivity index (χ4n) is 2.41. The van der Waals surface area contributed by atoms with Crippen molar-refractivity contribution >= 4 is 17.3 Å². The molecule has 1 amide bonds. The zero-order valence-corrected chi connectivity index (χ0v) is 14.0. The minimum atomic E-state index is -0.498. The van der Waals surface area contributed by atoms with E-state index in [1.54, 1.807) is 49.4 Å². The Bertz CT molecular complexity index is 955. The van der Waals surface area contributed by atoms with Crippen molar-refractivity contribution in [1.29, 1.82) is 0 Å². The molecule has 0 spiro atoms. The number of aryl methyl sites for hydroxylation is 1. The molecule has 3 aromatic rings. The number of hydrogen-bond donors (Lipinski definition) is 1. The van der Waals surface area contributed by atoms with E-state index in [0.717, 1.165) is 5.56 Å². The van der Waals surface area contributed by atoms with E-state index in [0.29, 0.717) is 22.7 Å². The Hall–Kier alpha value is -3.67. The van der Waals surface area contributed by atoms with Crippen molar-refractivity contribution in [3.8, 4) is 11.5 Å². The SMILES string of the molecule is Cc1ccc([N+](=O)[O-])cc1NC(=O)c1ccccc1Oc1ccccc1. The Kier molecular flexibility index (Phi) is 4.94. The Balaban J connectivity index is 1.87. The summed E-state index contributed by atoms with van der Waals surface area (Å²) >= 11 is 0. The molecular formula is C20H16N2O4. The summed E-state index contributed by atoms with van der Waals surface area (Å²) in [5.41, 5.74) is 1.37. The van der Waals surface area contributed by atoms with Gasteiger partial charge in [0, 0.05) is 12.1 Å². The molecule has 26 heavy (non-hydrogen) atoms. The number of amides is 1.